The Balaban J connectivity index is 2.11. The lowest BCUT2D eigenvalue weighted by atomic mass is 10.0. The van der Waals surface area contributed by atoms with E-state index in [1.54, 1.807) is 31.2 Å². The molecule has 130 valence electrons. The van der Waals surface area contributed by atoms with Gasteiger partial charge in [-0.15, -0.1) is 0 Å². The van der Waals surface area contributed by atoms with Crippen LogP contribution in [0.5, 0.6) is 0 Å². The molecule has 0 amide bonds. The molecule has 1 N–H and O–H groups in total. The smallest absolute Gasteiger partial charge is 0.332 e. The van der Waals surface area contributed by atoms with E-state index in [1.165, 1.54) is 6.08 Å². The minimum Gasteiger partial charge on any atom is -0.463 e. The summed E-state index contributed by atoms with van der Waals surface area (Å²) >= 11 is 0. The number of esters is 1. The molecule has 0 bridgehead atoms. The van der Waals surface area contributed by atoms with E-state index in [0.29, 0.717) is 37.6 Å². The van der Waals surface area contributed by atoms with Crippen molar-refractivity contribution >= 4 is 11.8 Å². The molecule has 1 fully saturated rings. The van der Waals surface area contributed by atoms with Crippen molar-refractivity contribution in [2.75, 3.05) is 32.9 Å². The zero-order chi connectivity index (χ0) is 17.4. The van der Waals surface area contributed by atoms with E-state index >= 15 is 0 Å². The lowest BCUT2D eigenvalue weighted by Crippen LogP contribution is -2.37. The topological polar surface area (TPSA) is 76.1 Å². The van der Waals surface area contributed by atoms with Crippen molar-refractivity contribution in [1.82, 2.24) is 4.90 Å². The Labute approximate surface area is 141 Å². The van der Waals surface area contributed by atoms with Gasteiger partial charge < -0.3 is 19.5 Å². The van der Waals surface area contributed by atoms with Crippen LogP contribution in [0.25, 0.3) is 0 Å². The lowest BCUT2D eigenvalue weighted by molar-refractivity contribution is -0.137. The largest absolute Gasteiger partial charge is 0.463 e. The molecule has 0 aromatic heterocycles. The average molecular weight is 333 g/mol. The first-order valence-electron chi connectivity index (χ1n) is 8.09. The summed E-state index contributed by atoms with van der Waals surface area (Å²) in [6.45, 7) is 4.31. The minimum atomic E-state index is -1.21. The highest BCUT2D eigenvalue weighted by atomic mass is 16.5. The average Bonchev–Trinajstić information content (AvgIpc) is 2.62. The zero-order valence-electron chi connectivity index (χ0n) is 13.8. The quantitative estimate of drug-likeness (QED) is 0.462. The monoisotopic (exact) mass is 333 g/mol. The molecule has 2 rings (SSSR count). The predicted molar refractivity (Wildman–Crippen MR) is 88.5 cm³/mol. The van der Waals surface area contributed by atoms with Gasteiger partial charge in [0.1, 0.15) is 6.10 Å². The maximum absolute atomic E-state index is 12.3. The Kier molecular flexibility index (Phi) is 6.96. The summed E-state index contributed by atoms with van der Waals surface area (Å²) in [4.78, 5) is 26.1. The number of hydrogen-bond donors (Lipinski definition) is 1. The van der Waals surface area contributed by atoms with Gasteiger partial charge in [0.2, 0.25) is 0 Å². The second-order valence-electron chi connectivity index (χ2n) is 5.44. The van der Waals surface area contributed by atoms with Crippen LogP contribution in [0.2, 0.25) is 0 Å². The summed E-state index contributed by atoms with van der Waals surface area (Å²) in [6, 6.07) is 8.63. The number of ether oxygens (including phenoxy) is 2. The van der Waals surface area contributed by atoms with E-state index in [4.69, 9.17) is 9.47 Å². The first kappa shape index (κ1) is 18.2. The highest BCUT2D eigenvalue weighted by molar-refractivity contribution is 5.99. The van der Waals surface area contributed by atoms with Crippen LogP contribution in [0.3, 0.4) is 0 Å². The first-order valence-corrected chi connectivity index (χ1v) is 8.09. The fourth-order valence-corrected chi connectivity index (χ4v) is 2.54. The Morgan fingerprint density at radius 3 is 2.58 bits per heavy atom. The van der Waals surface area contributed by atoms with Crippen LogP contribution < -0.4 is 0 Å². The molecule has 6 nitrogen and oxygen atoms in total. The standard InChI is InChI=1S/C18H23NO5/c1-2-24-17(21)13-15(19-8-10-23-11-9-19)12-16(20)18(22)14-6-4-3-5-7-14/h3-7,13,16,20H,2,8-12H2,1H3. The third-order valence-electron chi connectivity index (χ3n) is 3.75. The summed E-state index contributed by atoms with van der Waals surface area (Å²) in [5.41, 5.74) is 1.04. The van der Waals surface area contributed by atoms with Gasteiger partial charge in [-0.2, -0.15) is 0 Å². The van der Waals surface area contributed by atoms with Gasteiger partial charge in [-0.05, 0) is 6.92 Å². The van der Waals surface area contributed by atoms with E-state index in [1.807, 2.05) is 11.0 Å². The second-order valence-corrected chi connectivity index (χ2v) is 5.44. The molecular formula is C18H23NO5. The van der Waals surface area contributed by atoms with Crippen LogP contribution in [0, 0.1) is 0 Å². The highest BCUT2D eigenvalue weighted by Crippen LogP contribution is 2.17. The number of carbonyl (C=O) groups is 2. The molecule has 1 aromatic carbocycles. The van der Waals surface area contributed by atoms with Crippen LogP contribution in [-0.4, -0.2) is 60.8 Å². The molecule has 0 spiro atoms. The Bertz CT molecular complexity index is 578. The summed E-state index contributed by atoms with van der Waals surface area (Å²) in [5, 5.41) is 10.3. The zero-order valence-corrected chi connectivity index (χ0v) is 13.8. The number of carbonyl (C=O) groups excluding carboxylic acids is 2. The molecule has 1 heterocycles. The van der Waals surface area contributed by atoms with E-state index < -0.39 is 12.1 Å². The molecule has 0 radical (unpaired) electrons. The fraction of sp³-hybridized carbons (Fsp3) is 0.444. The number of hydrogen-bond acceptors (Lipinski definition) is 6. The van der Waals surface area contributed by atoms with Crippen LogP contribution in [0.4, 0.5) is 0 Å². The van der Waals surface area contributed by atoms with Crippen molar-refractivity contribution in [3.8, 4) is 0 Å². The van der Waals surface area contributed by atoms with E-state index in [2.05, 4.69) is 0 Å². The van der Waals surface area contributed by atoms with Gasteiger partial charge in [0, 0.05) is 36.8 Å². The number of nitrogens with zero attached hydrogens (tertiary/aromatic N) is 1. The minimum absolute atomic E-state index is 0.0620. The summed E-state index contributed by atoms with van der Waals surface area (Å²) in [6.07, 6.45) is 0.207. The number of benzene rings is 1. The van der Waals surface area contributed by atoms with Gasteiger partial charge in [-0.3, -0.25) is 4.79 Å². The first-order chi connectivity index (χ1) is 11.6. The summed E-state index contributed by atoms with van der Waals surface area (Å²) in [7, 11) is 0. The lowest BCUT2D eigenvalue weighted by Gasteiger charge is -2.31. The molecule has 1 aromatic rings. The van der Waals surface area contributed by atoms with Gasteiger partial charge in [0.15, 0.2) is 5.78 Å². The molecule has 1 aliphatic rings. The SMILES string of the molecule is CCOC(=O)C=C(CC(O)C(=O)c1ccccc1)N1CCOCC1. The molecule has 1 saturated heterocycles. The Morgan fingerprint density at radius 2 is 1.96 bits per heavy atom. The molecule has 6 heteroatoms. The van der Waals surface area contributed by atoms with Crippen LogP contribution >= 0.6 is 0 Å². The van der Waals surface area contributed by atoms with Crippen LogP contribution in [0.1, 0.15) is 23.7 Å². The molecule has 1 aliphatic heterocycles. The Hall–Kier alpha value is -2.18. The van der Waals surface area contributed by atoms with Crippen molar-refractivity contribution in [3.05, 3.63) is 47.7 Å². The number of Topliss-reactive ketones (excluding diaryl/α,β-unsaturated/α-hetero) is 1. The van der Waals surface area contributed by atoms with E-state index in [9.17, 15) is 14.7 Å². The number of aliphatic hydroxyl groups is 1. The number of rotatable bonds is 7. The fourth-order valence-electron chi connectivity index (χ4n) is 2.54. The maximum Gasteiger partial charge on any atom is 0.332 e. The molecular weight excluding hydrogens is 310 g/mol. The van der Waals surface area contributed by atoms with Crippen LogP contribution in [0.15, 0.2) is 42.1 Å². The number of morpholine rings is 1. The summed E-state index contributed by atoms with van der Waals surface area (Å²) < 4.78 is 10.3. The normalized spacial score (nSPS) is 16.6. The van der Waals surface area contributed by atoms with Crippen LogP contribution in [-0.2, 0) is 14.3 Å². The van der Waals surface area contributed by atoms with Gasteiger partial charge in [-0.1, -0.05) is 30.3 Å². The van der Waals surface area contributed by atoms with Gasteiger partial charge in [0.05, 0.1) is 19.8 Å². The third kappa shape index (κ3) is 5.18. The van der Waals surface area contributed by atoms with Gasteiger partial charge in [0.25, 0.3) is 0 Å². The van der Waals surface area contributed by atoms with Gasteiger partial charge >= 0.3 is 5.97 Å². The molecule has 1 atom stereocenters. The van der Waals surface area contributed by atoms with Crippen molar-refractivity contribution in [1.29, 1.82) is 0 Å². The highest BCUT2D eigenvalue weighted by Gasteiger charge is 2.23. The third-order valence-corrected chi connectivity index (χ3v) is 3.75. The molecule has 24 heavy (non-hydrogen) atoms. The molecule has 0 saturated carbocycles. The van der Waals surface area contributed by atoms with Crippen molar-refractivity contribution in [2.45, 2.75) is 19.4 Å². The molecule has 1 unspecified atom stereocenters. The second kappa shape index (κ2) is 9.20. The number of aliphatic hydroxyl groups excluding tert-OH is 1. The van der Waals surface area contributed by atoms with Crippen molar-refractivity contribution in [2.24, 2.45) is 0 Å². The maximum atomic E-state index is 12.3. The summed E-state index contributed by atoms with van der Waals surface area (Å²) in [5.74, 6) is -0.836. The Morgan fingerprint density at radius 1 is 1.29 bits per heavy atom. The van der Waals surface area contributed by atoms with Crippen molar-refractivity contribution in [3.63, 3.8) is 0 Å². The predicted octanol–water partition coefficient (Wildman–Crippen LogP) is 1.40. The van der Waals surface area contributed by atoms with E-state index in [0.717, 1.165) is 0 Å². The van der Waals surface area contributed by atoms with Crippen molar-refractivity contribution < 1.29 is 24.2 Å². The molecule has 0 aliphatic carbocycles. The van der Waals surface area contributed by atoms with Gasteiger partial charge in [-0.25, -0.2) is 4.79 Å². The number of ketones is 1. The van der Waals surface area contributed by atoms with E-state index in [-0.39, 0.29) is 18.8 Å².